The van der Waals surface area contributed by atoms with Gasteiger partial charge in [-0.1, -0.05) is 26.2 Å². The van der Waals surface area contributed by atoms with Gasteiger partial charge in [0, 0.05) is 12.6 Å². The minimum absolute atomic E-state index is 0.409. The zero-order valence-electron chi connectivity index (χ0n) is 12.7. The van der Waals surface area contributed by atoms with Crippen molar-refractivity contribution in [3.63, 3.8) is 0 Å². The average molecular weight is 268 g/mol. The maximum absolute atomic E-state index is 10.5. The second kappa shape index (κ2) is 7.61. The van der Waals surface area contributed by atoms with Gasteiger partial charge in [-0.25, -0.2) is 0 Å². The molecular weight excluding hydrogens is 236 g/mol. The smallest absolute Gasteiger partial charge is 0.0771 e. The molecule has 3 heteroatoms. The molecule has 2 N–H and O–H groups in total. The van der Waals surface area contributed by atoms with Crippen LogP contribution in [0.5, 0.6) is 0 Å². The highest BCUT2D eigenvalue weighted by molar-refractivity contribution is 4.86. The van der Waals surface area contributed by atoms with E-state index >= 15 is 0 Å². The van der Waals surface area contributed by atoms with E-state index in [2.05, 4.69) is 17.1 Å². The summed E-state index contributed by atoms with van der Waals surface area (Å²) in [5.74, 6) is 0. The molecule has 0 aromatic rings. The molecule has 1 saturated heterocycles. The SMILES string of the molecule is CCCN1CCCC(NCC2(O)CCCCC2)CC1. The average Bonchev–Trinajstić information content (AvgIpc) is 2.64. The van der Waals surface area contributed by atoms with E-state index in [0.717, 1.165) is 19.4 Å². The van der Waals surface area contributed by atoms with Crippen molar-refractivity contribution in [2.75, 3.05) is 26.2 Å². The molecule has 19 heavy (non-hydrogen) atoms. The topological polar surface area (TPSA) is 35.5 Å². The molecule has 1 aliphatic carbocycles. The van der Waals surface area contributed by atoms with Crippen LogP contribution in [0.1, 0.15) is 64.7 Å². The van der Waals surface area contributed by atoms with Crippen molar-refractivity contribution < 1.29 is 5.11 Å². The van der Waals surface area contributed by atoms with Gasteiger partial charge in [-0.3, -0.25) is 0 Å². The maximum atomic E-state index is 10.5. The summed E-state index contributed by atoms with van der Waals surface area (Å²) >= 11 is 0. The Morgan fingerprint density at radius 1 is 1.11 bits per heavy atom. The summed E-state index contributed by atoms with van der Waals surface area (Å²) in [5.41, 5.74) is -0.409. The highest BCUT2D eigenvalue weighted by atomic mass is 16.3. The molecule has 1 saturated carbocycles. The van der Waals surface area contributed by atoms with E-state index < -0.39 is 5.60 Å². The fourth-order valence-corrected chi connectivity index (χ4v) is 3.62. The van der Waals surface area contributed by atoms with E-state index in [9.17, 15) is 5.11 Å². The molecule has 1 heterocycles. The first-order valence-corrected chi connectivity index (χ1v) is 8.40. The molecule has 0 aromatic heterocycles. The van der Waals surface area contributed by atoms with Gasteiger partial charge in [0.2, 0.25) is 0 Å². The van der Waals surface area contributed by atoms with Crippen LogP contribution in [0.3, 0.4) is 0 Å². The van der Waals surface area contributed by atoms with Crippen LogP contribution >= 0.6 is 0 Å². The molecule has 0 radical (unpaired) electrons. The number of likely N-dealkylation sites (tertiary alicyclic amines) is 1. The predicted octanol–water partition coefficient (Wildman–Crippen LogP) is 2.54. The molecule has 0 bridgehead atoms. The molecule has 0 spiro atoms. The van der Waals surface area contributed by atoms with Gasteiger partial charge >= 0.3 is 0 Å². The van der Waals surface area contributed by atoms with Crippen LogP contribution in [-0.4, -0.2) is 47.8 Å². The Morgan fingerprint density at radius 3 is 2.63 bits per heavy atom. The van der Waals surface area contributed by atoms with Crippen LogP contribution in [0, 0.1) is 0 Å². The van der Waals surface area contributed by atoms with Gasteiger partial charge in [-0.15, -0.1) is 0 Å². The summed E-state index contributed by atoms with van der Waals surface area (Å²) < 4.78 is 0. The van der Waals surface area contributed by atoms with Crippen molar-refractivity contribution in [3.8, 4) is 0 Å². The zero-order chi connectivity index (χ0) is 13.6. The van der Waals surface area contributed by atoms with E-state index in [1.165, 1.54) is 64.6 Å². The molecule has 2 fully saturated rings. The number of nitrogens with zero attached hydrogens (tertiary/aromatic N) is 1. The highest BCUT2D eigenvalue weighted by Gasteiger charge is 2.29. The van der Waals surface area contributed by atoms with Crippen LogP contribution in [0.2, 0.25) is 0 Å². The summed E-state index contributed by atoms with van der Waals surface area (Å²) in [6, 6.07) is 0.618. The van der Waals surface area contributed by atoms with Gasteiger partial charge in [0.1, 0.15) is 0 Å². The minimum atomic E-state index is -0.409. The van der Waals surface area contributed by atoms with Crippen molar-refractivity contribution in [2.24, 2.45) is 0 Å². The standard InChI is InChI=1S/C16H32N2O/c1-2-11-18-12-6-7-15(8-13-18)17-14-16(19)9-4-3-5-10-16/h15,17,19H,2-14H2,1H3. The van der Waals surface area contributed by atoms with Crippen LogP contribution in [0.4, 0.5) is 0 Å². The summed E-state index contributed by atoms with van der Waals surface area (Å²) in [5, 5.41) is 14.2. The zero-order valence-corrected chi connectivity index (χ0v) is 12.7. The van der Waals surface area contributed by atoms with Crippen molar-refractivity contribution in [1.82, 2.24) is 10.2 Å². The Kier molecular flexibility index (Phi) is 6.11. The molecule has 2 aliphatic rings. The van der Waals surface area contributed by atoms with Crippen molar-refractivity contribution in [3.05, 3.63) is 0 Å². The molecule has 2 rings (SSSR count). The van der Waals surface area contributed by atoms with E-state index in [0.29, 0.717) is 6.04 Å². The molecule has 1 unspecified atom stereocenters. The fraction of sp³-hybridized carbons (Fsp3) is 1.00. The number of hydrogen-bond acceptors (Lipinski definition) is 3. The monoisotopic (exact) mass is 268 g/mol. The van der Waals surface area contributed by atoms with Crippen LogP contribution in [0.15, 0.2) is 0 Å². The number of nitrogens with one attached hydrogen (secondary N) is 1. The molecule has 3 nitrogen and oxygen atoms in total. The van der Waals surface area contributed by atoms with E-state index in [-0.39, 0.29) is 0 Å². The number of hydrogen-bond donors (Lipinski definition) is 2. The molecule has 0 aromatic carbocycles. The van der Waals surface area contributed by atoms with E-state index in [4.69, 9.17) is 0 Å². The predicted molar refractivity (Wildman–Crippen MR) is 80.4 cm³/mol. The molecule has 0 amide bonds. The van der Waals surface area contributed by atoms with Crippen LogP contribution < -0.4 is 5.32 Å². The van der Waals surface area contributed by atoms with Gasteiger partial charge in [0.05, 0.1) is 5.60 Å². The lowest BCUT2D eigenvalue weighted by atomic mass is 9.84. The maximum Gasteiger partial charge on any atom is 0.0771 e. The summed E-state index contributed by atoms with van der Waals surface area (Å²) in [6.45, 7) is 6.81. The van der Waals surface area contributed by atoms with Gasteiger partial charge in [0.15, 0.2) is 0 Å². The lowest BCUT2D eigenvalue weighted by Gasteiger charge is -2.33. The van der Waals surface area contributed by atoms with Crippen molar-refractivity contribution >= 4 is 0 Å². The number of aliphatic hydroxyl groups is 1. The largest absolute Gasteiger partial charge is 0.389 e. The molecule has 1 atom stereocenters. The fourth-order valence-electron chi connectivity index (χ4n) is 3.62. The van der Waals surface area contributed by atoms with Gasteiger partial charge in [-0.05, 0) is 58.2 Å². The van der Waals surface area contributed by atoms with Gasteiger partial charge < -0.3 is 15.3 Å². The second-order valence-corrected chi connectivity index (χ2v) is 6.64. The lowest BCUT2D eigenvalue weighted by molar-refractivity contribution is 0.00228. The quantitative estimate of drug-likeness (QED) is 0.804. The summed E-state index contributed by atoms with van der Waals surface area (Å²) in [6.07, 6.45) is 10.8. The third-order valence-electron chi connectivity index (χ3n) is 4.86. The van der Waals surface area contributed by atoms with Gasteiger partial charge in [-0.2, -0.15) is 0 Å². The van der Waals surface area contributed by atoms with Crippen molar-refractivity contribution in [2.45, 2.75) is 76.4 Å². The first-order chi connectivity index (χ1) is 9.22. The number of rotatable bonds is 5. The summed E-state index contributed by atoms with van der Waals surface area (Å²) in [4.78, 5) is 2.59. The van der Waals surface area contributed by atoms with Crippen molar-refractivity contribution in [1.29, 1.82) is 0 Å². The molecule has 112 valence electrons. The Morgan fingerprint density at radius 2 is 1.89 bits per heavy atom. The first-order valence-electron chi connectivity index (χ1n) is 8.40. The normalized spacial score (nSPS) is 29.1. The highest BCUT2D eigenvalue weighted by Crippen LogP contribution is 2.27. The Balaban J connectivity index is 1.70. The minimum Gasteiger partial charge on any atom is -0.389 e. The van der Waals surface area contributed by atoms with Crippen LogP contribution in [-0.2, 0) is 0 Å². The summed E-state index contributed by atoms with van der Waals surface area (Å²) in [7, 11) is 0. The Bertz CT molecular complexity index is 251. The van der Waals surface area contributed by atoms with E-state index in [1.807, 2.05) is 0 Å². The second-order valence-electron chi connectivity index (χ2n) is 6.64. The Hall–Kier alpha value is -0.120. The third kappa shape index (κ3) is 5.05. The van der Waals surface area contributed by atoms with Gasteiger partial charge in [0.25, 0.3) is 0 Å². The molecular formula is C16H32N2O. The van der Waals surface area contributed by atoms with Crippen LogP contribution in [0.25, 0.3) is 0 Å². The first kappa shape index (κ1) is 15.3. The third-order valence-corrected chi connectivity index (χ3v) is 4.86. The Labute approximate surface area is 118 Å². The van der Waals surface area contributed by atoms with E-state index in [1.54, 1.807) is 0 Å². The lowest BCUT2D eigenvalue weighted by Crippen LogP contribution is -2.45. The molecule has 1 aliphatic heterocycles.